The second kappa shape index (κ2) is 6.30. The van der Waals surface area contributed by atoms with Crippen molar-refractivity contribution in [3.63, 3.8) is 0 Å². The summed E-state index contributed by atoms with van der Waals surface area (Å²) in [4.78, 5) is 10.3. The van der Waals surface area contributed by atoms with Crippen LogP contribution in [0, 0.1) is 0 Å². The number of aryl methyl sites for hydroxylation is 1. The van der Waals surface area contributed by atoms with Gasteiger partial charge in [-0.15, -0.1) is 10.2 Å². The number of hydrogen-bond acceptors (Lipinski definition) is 5. The van der Waals surface area contributed by atoms with E-state index in [0.717, 1.165) is 6.42 Å². The zero-order chi connectivity index (χ0) is 12.8. The average molecular weight is 266 g/mol. The van der Waals surface area contributed by atoms with Gasteiger partial charge < -0.3 is 9.52 Å². The van der Waals surface area contributed by atoms with Crippen LogP contribution in [0.1, 0.15) is 36.6 Å². The first-order valence-corrected chi connectivity index (χ1v) is 6.72. The Morgan fingerprint density at radius 2 is 2.17 bits per heavy atom. The number of aromatic nitrogens is 2. The molecule has 1 N–H and O–H groups in total. The summed E-state index contributed by atoms with van der Waals surface area (Å²) in [5.41, 5.74) is 1.17. The van der Waals surface area contributed by atoms with Crippen molar-refractivity contribution >= 4 is 17.3 Å². The standard InChI is InChI=1S/C12H14N2O3S/c15-12(16)4-2-1-3-10-13-14-11(17-10)7-9-5-6-18-8-9/h5-6,8H,1-4,7H2,(H,15,16). The van der Waals surface area contributed by atoms with Crippen molar-refractivity contribution in [2.45, 2.75) is 32.1 Å². The molecular formula is C12H14N2O3S. The van der Waals surface area contributed by atoms with E-state index < -0.39 is 5.97 Å². The third kappa shape index (κ3) is 3.96. The first-order chi connectivity index (χ1) is 8.74. The molecule has 5 nitrogen and oxygen atoms in total. The first kappa shape index (κ1) is 12.8. The third-order valence-corrected chi connectivity index (χ3v) is 3.21. The lowest BCUT2D eigenvalue weighted by molar-refractivity contribution is -0.137. The van der Waals surface area contributed by atoms with Gasteiger partial charge in [0.05, 0.1) is 6.42 Å². The third-order valence-electron chi connectivity index (χ3n) is 2.48. The maximum Gasteiger partial charge on any atom is 0.303 e. The van der Waals surface area contributed by atoms with E-state index in [2.05, 4.69) is 15.6 Å². The highest BCUT2D eigenvalue weighted by Gasteiger charge is 2.07. The normalized spacial score (nSPS) is 10.7. The van der Waals surface area contributed by atoms with E-state index in [1.165, 1.54) is 5.56 Å². The van der Waals surface area contributed by atoms with Crippen LogP contribution in [-0.2, 0) is 17.6 Å². The number of nitrogens with zero attached hydrogens (tertiary/aromatic N) is 2. The summed E-state index contributed by atoms with van der Waals surface area (Å²) < 4.78 is 5.50. The quantitative estimate of drug-likeness (QED) is 0.779. The number of thiophene rings is 1. The van der Waals surface area contributed by atoms with E-state index in [1.807, 2.05) is 11.4 Å². The van der Waals surface area contributed by atoms with Crippen LogP contribution >= 0.6 is 11.3 Å². The molecule has 0 fully saturated rings. The summed E-state index contributed by atoms with van der Waals surface area (Å²) in [7, 11) is 0. The number of carboxylic acid groups (broad SMARTS) is 1. The molecule has 0 radical (unpaired) electrons. The van der Waals surface area contributed by atoms with E-state index in [0.29, 0.717) is 31.0 Å². The van der Waals surface area contributed by atoms with E-state index in [9.17, 15) is 4.79 Å². The molecule has 0 aliphatic heterocycles. The van der Waals surface area contributed by atoms with E-state index in [-0.39, 0.29) is 6.42 Å². The van der Waals surface area contributed by atoms with Crippen LogP contribution in [0.25, 0.3) is 0 Å². The highest BCUT2D eigenvalue weighted by Crippen LogP contribution is 2.13. The van der Waals surface area contributed by atoms with Gasteiger partial charge in [0.1, 0.15) is 0 Å². The molecule has 0 saturated carbocycles. The summed E-state index contributed by atoms with van der Waals surface area (Å²) in [5, 5.41) is 20.5. The van der Waals surface area contributed by atoms with Gasteiger partial charge in [-0.05, 0) is 35.2 Å². The molecule has 0 unspecified atom stereocenters. The molecule has 2 rings (SSSR count). The van der Waals surface area contributed by atoms with E-state index >= 15 is 0 Å². The first-order valence-electron chi connectivity index (χ1n) is 5.78. The zero-order valence-electron chi connectivity index (χ0n) is 9.83. The molecule has 2 aromatic rings. The van der Waals surface area contributed by atoms with Crippen molar-refractivity contribution in [2.75, 3.05) is 0 Å². The summed E-state index contributed by atoms with van der Waals surface area (Å²) in [6.07, 6.45) is 2.88. The molecule has 0 aliphatic carbocycles. The van der Waals surface area contributed by atoms with E-state index in [4.69, 9.17) is 9.52 Å². The minimum absolute atomic E-state index is 0.190. The monoisotopic (exact) mass is 266 g/mol. The van der Waals surface area contributed by atoms with Crippen LogP contribution < -0.4 is 0 Å². The Bertz CT molecular complexity index is 493. The Morgan fingerprint density at radius 3 is 2.89 bits per heavy atom. The molecule has 0 amide bonds. The Balaban J connectivity index is 1.77. The average Bonchev–Trinajstić information content (AvgIpc) is 2.97. The van der Waals surface area contributed by atoms with Crippen molar-refractivity contribution < 1.29 is 14.3 Å². The second-order valence-electron chi connectivity index (χ2n) is 4.00. The van der Waals surface area contributed by atoms with Gasteiger partial charge in [0.15, 0.2) is 0 Å². The number of unbranched alkanes of at least 4 members (excludes halogenated alkanes) is 1. The molecule has 2 aromatic heterocycles. The van der Waals surface area contributed by atoms with Crippen molar-refractivity contribution in [2.24, 2.45) is 0 Å². The number of carbonyl (C=O) groups is 1. The van der Waals surface area contributed by atoms with Gasteiger partial charge in [-0.2, -0.15) is 11.3 Å². The maximum atomic E-state index is 10.3. The lowest BCUT2D eigenvalue weighted by Crippen LogP contribution is -1.95. The second-order valence-corrected chi connectivity index (χ2v) is 4.78. The van der Waals surface area contributed by atoms with Gasteiger partial charge >= 0.3 is 5.97 Å². The van der Waals surface area contributed by atoms with Gasteiger partial charge in [-0.3, -0.25) is 4.79 Å². The highest BCUT2D eigenvalue weighted by atomic mass is 32.1. The molecular weight excluding hydrogens is 252 g/mol. The number of hydrogen-bond donors (Lipinski definition) is 1. The van der Waals surface area contributed by atoms with Crippen LogP contribution in [0.5, 0.6) is 0 Å². The Hall–Kier alpha value is -1.69. The minimum atomic E-state index is -0.765. The van der Waals surface area contributed by atoms with Crippen molar-refractivity contribution in [3.05, 3.63) is 34.2 Å². The van der Waals surface area contributed by atoms with Gasteiger partial charge in [0.25, 0.3) is 0 Å². The van der Waals surface area contributed by atoms with E-state index in [1.54, 1.807) is 11.3 Å². The molecule has 0 aliphatic rings. The Labute approximate surface area is 108 Å². The van der Waals surface area contributed by atoms with Crippen LogP contribution in [0.2, 0.25) is 0 Å². The van der Waals surface area contributed by atoms with Crippen molar-refractivity contribution in [3.8, 4) is 0 Å². The van der Waals surface area contributed by atoms with Gasteiger partial charge in [-0.1, -0.05) is 0 Å². The van der Waals surface area contributed by atoms with Crippen LogP contribution in [-0.4, -0.2) is 21.3 Å². The fourth-order valence-corrected chi connectivity index (χ4v) is 2.25. The summed E-state index contributed by atoms with van der Waals surface area (Å²) in [6, 6.07) is 2.03. The lowest BCUT2D eigenvalue weighted by Gasteiger charge is -1.94. The SMILES string of the molecule is O=C(O)CCCCc1nnc(Cc2ccsc2)o1. The van der Waals surface area contributed by atoms with Crippen LogP contribution in [0.3, 0.4) is 0 Å². The predicted octanol–water partition coefficient (Wildman–Crippen LogP) is 2.52. The summed E-state index contributed by atoms with van der Waals surface area (Å²) in [6.45, 7) is 0. The smallest absolute Gasteiger partial charge is 0.303 e. The summed E-state index contributed by atoms with van der Waals surface area (Å²) in [5.74, 6) is 0.436. The lowest BCUT2D eigenvalue weighted by atomic mass is 10.2. The minimum Gasteiger partial charge on any atom is -0.481 e. The predicted molar refractivity (Wildman–Crippen MR) is 66.6 cm³/mol. The number of aliphatic carboxylic acids is 1. The zero-order valence-corrected chi connectivity index (χ0v) is 10.7. The molecule has 96 valence electrons. The fraction of sp³-hybridized carbons (Fsp3) is 0.417. The molecule has 6 heteroatoms. The molecule has 0 aromatic carbocycles. The van der Waals surface area contributed by atoms with Crippen molar-refractivity contribution in [1.29, 1.82) is 0 Å². The van der Waals surface area contributed by atoms with Gasteiger partial charge in [0.2, 0.25) is 11.8 Å². The molecule has 0 bridgehead atoms. The molecule has 2 heterocycles. The molecule has 0 atom stereocenters. The Morgan fingerprint density at radius 1 is 1.33 bits per heavy atom. The largest absolute Gasteiger partial charge is 0.481 e. The summed E-state index contributed by atoms with van der Waals surface area (Å²) >= 11 is 1.64. The van der Waals surface area contributed by atoms with Gasteiger partial charge in [-0.25, -0.2) is 0 Å². The molecule has 0 saturated heterocycles. The fourth-order valence-electron chi connectivity index (χ4n) is 1.58. The highest BCUT2D eigenvalue weighted by molar-refractivity contribution is 7.07. The van der Waals surface area contributed by atoms with Crippen LogP contribution in [0.15, 0.2) is 21.2 Å². The molecule has 0 spiro atoms. The number of carboxylic acids is 1. The van der Waals surface area contributed by atoms with Crippen molar-refractivity contribution in [1.82, 2.24) is 10.2 Å². The topological polar surface area (TPSA) is 76.2 Å². The van der Waals surface area contributed by atoms with Gasteiger partial charge in [0, 0.05) is 12.8 Å². The maximum absolute atomic E-state index is 10.3. The molecule has 18 heavy (non-hydrogen) atoms. The van der Waals surface area contributed by atoms with Crippen LogP contribution in [0.4, 0.5) is 0 Å². The number of rotatable bonds is 7. The Kier molecular flexibility index (Phi) is 4.46.